The van der Waals surface area contributed by atoms with Gasteiger partial charge in [0.15, 0.2) is 0 Å². The van der Waals surface area contributed by atoms with Crippen LogP contribution in [0.4, 0.5) is 10.2 Å². The van der Waals surface area contributed by atoms with Gasteiger partial charge < -0.3 is 9.88 Å². The van der Waals surface area contributed by atoms with Gasteiger partial charge in [-0.05, 0) is 52.2 Å². The molecule has 0 saturated carbocycles. The largest absolute Gasteiger partial charge is 0.366 e. The smallest absolute Gasteiger partial charge is 0.147 e. The third-order valence-electron chi connectivity index (χ3n) is 3.30. The summed E-state index contributed by atoms with van der Waals surface area (Å²) in [6.45, 7) is 2.49. The molecule has 0 aliphatic heterocycles. The second kappa shape index (κ2) is 6.27. The van der Waals surface area contributed by atoms with E-state index in [1.54, 1.807) is 35.6 Å². The lowest BCUT2D eigenvalue weighted by Gasteiger charge is -2.10. The molecule has 0 atom stereocenters. The second-order valence-electron chi connectivity index (χ2n) is 4.93. The molecule has 0 unspecified atom stereocenters. The number of rotatable bonds is 4. The first kappa shape index (κ1) is 14.7. The molecule has 0 saturated heterocycles. The van der Waals surface area contributed by atoms with Crippen molar-refractivity contribution in [3.8, 4) is 5.69 Å². The van der Waals surface area contributed by atoms with Crippen LogP contribution in [0.25, 0.3) is 5.69 Å². The number of hydrogen-bond acceptors (Lipinski definition) is 3. The Hall–Kier alpha value is -2.21. The fourth-order valence-corrected chi connectivity index (χ4v) is 2.63. The van der Waals surface area contributed by atoms with Gasteiger partial charge in [0.25, 0.3) is 0 Å². The number of benzene rings is 1. The number of aryl methyl sites for hydroxylation is 1. The predicted octanol–water partition coefficient (Wildman–Crippen LogP) is 4.09. The van der Waals surface area contributed by atoms with E-state index in [1.165, 1.54) is 6.07 Å². The van der Waals surface area contributed by atoms with Crippen LogP contribution in [0.2, 0.25) is 0 Å². The molecule has 1 N–H and O–H groups in total. The molecule has 112 valence electrons. The van der Waals surface area contributed by atoms with Crippen LogP contribution >= 0.6 is 15.9 Å². The van der Waals surface area contributed by atoms with Gasteiger partial charge >= 0.3 is 0 Å². The topological polar surface area (TPSA) is 42.7 Å². The first-order valence-corrected chi connectivity index (χ1v) is 7.55. The lowest BCUT2D eigenvalue weighted by molar-refractivity contribution is 0.616. The zero-order chi connectivity index (χ0) is 15.5. The maximum atomic E-state index is 14.2. The van der Waals surface area contributed by atoms with Crippen molar-refractivity contribution in [1.82, 2.24) is 14.5 Å². The first-order valence-electron chi connectivity index (χ1n) is 6.76. The molecule has 0 bridgehead atoms. The van der Waals surface area contributed by atoms with Gasteiger partial charge in [-0.3, -0.25) is 0 Å². The number of nitrogens with zero attached hydrogens (tertiary/aromatic N) is 3. The minimum absolute atomic E-state index is 0.280. The van der Waals surface area contributed by atoms with E-state index in [-0.39, 0.29) is 5.82 Å². The van der Waals surface area contributed by atoms with E-state index in [1.807, 2.05) is 19.1 Å². The Balaban J connectivity index is 1.75. The summed E-state index contributed by atoms with van der Waals surface area (Å²) in [5.41, 5.74) is 2.37. The van der Waals surface area contributed by atoms with Crippen molar-refractivity contribution in [3.05, 3.63) is 70.6 Å². The predicted molar refractivity (Wildman–Crippen MR) is 87.5 cm³/mol. The van der Waals surface area contributed by atoms with E-state index in [4.69, 9.17) is 0 Å². The fraction of sp³-hybridized carbons (Fsp3) is 0.125. The lowest BCUT2D eigenvalue weighted by atomic mass is 10.2. The zero-order valence-corrected chi connectivity index (χ0v) is 13.5. The Morgan fingerprint density at radius 1 is 1.32 bits per heavy atom. The molecule has 0 spiro atoms. The van der Waals surface area contributed by atoms with Gasteiger partial charge in [0, 0.05) is 29.6 Å². The van der Waals surface area contributed by atoms with Crippen molar-refractivity contribution in [2.24, 2.45) is 0 Å². The number of nitrogens with one attached hydrogen (secondary N) is 1. The van der Waals surface area contributed by atoms with Crippen molar-refractivity contribution in [2.45, 2.75) is 13.5 Å². The van der Waals surface area contributed by atoms with Crippen molar-refractivity contribution >= 4 is 21.7 Å². The summed E-state index contributed by atoms with van der Waals surface area (Å²) in [5.74, 6) is 0.514. The minimum atomic E-state index is -0.280. The normalized spacial score (nSPS) is 10.7. The Morgan fingerprint density at radius 3 is 2.86 bits per heavy atom. The molecule has 6 heteroatoms. The van der Waals surface area contributed by atoms with E-state index in [0.29, 0.717) is 12.2 Å². The van der Waals surface area contributed by atoms with Crippen LogP contribution in [0, 0.1) is 12.7 Å². The van der Waals surface area contributed by atoms with E-state index in [0.717, 1.165) is 21.4 Å². The zero-order valence-electron chi connectivity index (χ0n) is 11.9. The van der Waals surface area contributed by atoms with Gasteiger partial charge in [-0.25, -0.2) is 14.4 Å². The highest BCUT2D eigenvalue weighted by Crippen LogP contribution is 2.19. The van der Waals surface area contributed by atoms with E-state index in [9.17, 15) is 4.39 Å². The average molecular weight is 361 g/mol. The Bertz CT molecular complexity index is 787. The maximum absolute atomic E-state index is 14.2. The highest BCUT2D eigenvalue weighted by Gasteiger charge is 2.06. The summed E-state index contributed by atoms with van der Waals surface area (Å²) >= 11 is 3.38. The third kappa shape index (κ3) is 3.17. The Morgan fingerprint density at radius 2 is 2.18 bits per heavy atom. The van der Waals surface area contributed by atoms with Crippen LogP contribution in [-0.4, -0.2) is 14.5 Å². The molecule has 2 heterocycles. The summed E-state index contributed by atoms with van der Waals surface area (Å²) in [5, 5.41) is 3.22. The molecule has 2 aromatic heterocycles. The standard InChI is InChI=1S/C16H14BrFN4/c1-11-6-13(17)9-21-16(11)20-8-12-2-3-15(14(18)7-12)22-5-4-19-10-22/h2-7,9-10H,8H2,1H3,(H,20,21). The number of aromatic nitrogens is 3. The molecule has 0 aliphatic rings. The lowest BCUT2D eigenvalue weighted by Crippen LogP contribution is -2.04. The van der Waals surface area contributed by atoms with E-state index < -0.39 is 0 Å². The molecular formula is C16H14BrFN4. The monoisotopic (exact) mass is 360 g/mol. The highest BCUT2D eigenvalue weighted by molar-refractivity contribution is 9.10. The van der Waals surface area contributed by atoms with Gasteiger partial charge in [0.2, 0.25) is 0 Å². The van der Waals surface area contributed by atoms with Crippen molar-refractivity contribution < 1.29 is 4.39 Å². The van der Waals surface area contributed by atoms with E-state index in [2.05, 4.69) is 31.2 Å². The van der Waals surface area contributed by atoms with Crippen LogP contribution in [0.3, 0.4) is 0 Å². The summed E-state index contributed by atoms with van der Waals surface area (Å²) < 4.78 is 16.8. The number of halogens is 2. The molecule has 1 aromatic carbocycles. The fourth-order valence-electron chi connectivity index (χ4n) is 2.18. The van der Waals surface area contributed by atoms with Crippen LogP contribution < -0.4 is 5.32 Å². The summed E-state index contributed by atoms with van der Waals surface area (Å²) in [7, 11) is 0. The van der Waals surface area contributed by atoms with Gasteiger partial charge in [-0.15, -0.1) is 0 Å². The van der Waals surface area contributed by atoms with Crippen LogP contribution in [0.1, 0.15) is 11.1 Å². The number of pyridine rings is 1. The first-order chi connectivity index (χ1) is 10.6. The summed E-state index contributed by atoms with van der Waals surface area (Å²) in [4.78, 5) is 8.24. The van der Waals surface area contributed by atoms with Crippen molar-refractivity contribution in [1.29, 1.82) is 0 Å². The molecule has 0 fully saturated rings. The van der Waals surface area contributed by atoms with Gasteiger partial charge in [-0.2, -0.15) is 0 Å². The summed E-state index contributed by atoms with van der Waals surface area (Å²) in [6, 6.07) is 7.14. The number of imidazole rings is 1. The van der Waals surface area contributed by atoms with Crippen LogP contribution in [-0.2, 0) is 6.54 Å². The molecule has 0 amide bonds. The summed E-state index contributed by atoms with van der Waals surface area (Å²) in [6.07, 6.45) is 6.64. The maximum Gasteiger partial charge on any atom is 0.147 e. The van der Waals surface area contributed by atoms with Crippen LogP contribution in [0.15, 0.2) is 53.7 Å². The molecule has 4 nitrogen and oxygen atoms in total. The SMILES string of the molecule is Cc1cc(Br)cnc1NCc1ccc(-n2ccnc2)c(F)c1. The highest BCUT2D eigenvalue weighted by atomic mass is 79.9. The minimum Gasteiger partial charge on any atom is -0.366 e. The van der Waals surface area contributed by atoms with Gasteiger partial charge in [0.1, 0.15) is 11.6 Å². The molecule has 0 aliphatic carbocycles. The van der Waals surface area contributed by atoms with Crippen LogP contribution in [0.5, 0.6) is 0 Å². The molecular weight excluding hydrogens is 347 g/mol. The van der Waals surface area contributed by atoms with Crippen molar-refractivity contribution in [2.75, 3.05) is 5.32 Å². The average Bonchev–Trinajstić information content (AvgIpc) is 3.00. The molecule has 3 rings (SSSR count). The number of anilines is 1. The number of hydrogen-bond donors (Lipinski definition) is 1. The third-order valence-corrected chi connectivity index (χ3v) is 3.73. The quantitative estimate of drug-likeness (QED) is 0.761. The van der Waals surface area contributed by atoms with Gasteiger partial charge in [0.05, 0.1) is 12.0 Å². The second-order valence-corrected chi connectivity index (χ2v) is 5.84. The molecule has 3 aromatic rings. The molecule has 0 radical (unpaired) electrons. The van der Waals surface area contributed by atoms with Gasteiger partial charge in [-0.1, -0.05) is 6.07 Å². The van der Waals surface area contributed by atoms with E-state index >= 15 is 0 Å². The van der Waals surface area contributed by atoms with Crippen molar-refractivity contribution in [3.63, 3.8) is 0 Å². The Kier molecular flexibility index (Phi) is 4.20. The Labute approximate surface area is 136 Å². The molecule has 22 heavy (non-hydrogen) atoms.